The molecule has 0 spiro atoms. The van der Waals surface area contributed by atoms with E-state index in [0.29, 0.717) is 33.7 Å². The Bertz CT molecular complexity index is 693. The molecule has 0 saturated carbocycles. The average Bonchev–Trinajstić information content (AvgIpc) is 2.44. The molecule has 0 aliphatic heterocycles. The van der Waals surface area contributed by atoms with E-state index in [4.69, 9.17) is 27.9 Å². The summed E-state index contributed by atoms with van der Waals surface area (Å²) < 4.78 is 5.59. The van der Waals surface area contributed by atoms with Gasteiger partial charge in [0.15, 0.2) is 0 Å². The summed E-state index contributed by atoms with van der Waals surface area (Å²) in [5.74, 6) is 0.201. The smallest absolute Gasteiger partial charge is 0.259 e. The topological polar surface area (TPSA) is 38.3 Å². The molecule has 0 unspecified atom stereocenters. The summed E-state index contributed by atoms with van der Waals surface area (Å²) in [5, 5.41) is 3.66. The van der Waals surface area contributed by atoms with Crippen molar-refractivity contribution >= 4 is 34.8 Å². The first-order chi connectivity index (χ1) is 10.5. The zero-order valence-electron chi connectivity index (χ0n) is 12.0. The summed E-state index contributed by atoms with van der Waals surface area (Å²) in [6, 6.07) is 11.9. The minimum Gasteiger partial charge on any atom is -0.488 e. The van der Waals surface area contributed by atoms with Crippen LogP contribution in [0.5, 0.6) is 5.75 Å². The summed E-state index contributed by atoms with van der Waals surface area (Å²) in [5.41, 5.74) is 1.83. The first-order valence-corrected chi connectivity index (χ1v) is 7.35. The molecule has 3 nitrogen and oxygen atoms in total. The van der Waals surface area contributed by atoms with Gasteiger partial charge in [-0.05, 0) is 42.8 Å². The number of rotatable bonds is 5. The average molecular weight is 336 g/mol. The first-order valence-electron chi connectivity index (χ1n) is 6.59. The van der Waals surface area contributed by atoms with E-state index in [1.54, 1.807) is 42.5 Å². The maximum Gasteiger partial charge on any atom is 0.259 e. The number of nitrogens with one attached hydrogen (secondary N) is 1. The Balaban J connectivity index is 2.20. The molecule has 0 fully saturated rings. The second kappa shape index (κ2) is 7.34. The Kier molecular flexibility index (Phi) is 5.47. The number of anilines is 1. The normalized spacial score (nSPS) is 10.1. The molecule has 0 heterocycles. The van der Waals surface area contributed by atoms with Crippen molar-refractivity contribution in [2.45, 2.75) is 6.92 Å². The Labute approximate surface area is 139 Å². The van der Waals surface area contributed by atoms with Crippen LogP contribution in [0.4, 0.5) is 5.69 Å². The van der Waals surface area contributed by atoms with Crippen molar-refractivity contribution in [2.24, 2.45) is 0 Å². The monoisotopic (exact) mass is 335 g/mol. The molecule has 1 amide bonds. The third-order valence-electron chi connectivity index (χ3n) is 2.73. The predicted octanol–water partition coefficient (Wildman–Crippen LogP) is 5.20. The van der Waals surface area contributed by atoms with Crippen LogP contribution in [0.15, 0.2) is 54.6 Å². The van der Waals surface area contributed by atoms with Crippen LogP contribution in [-0.4, -0.2) is 12.5 Å². The van der Waals surface area contributed by atoms with Crippen molar-refractivity contribution in [3.8, 4) is 5.75 Å². The van der Waals surface area contributed by atoms with Gasteiger partial charge in [0.1, 0.15) is 12.4 Å². The highest BCUT2D eigenvalue weighted by atomic mass is 35.5. The van der Waals surface area contributed by atoms with Crippen molar-refractivity contribution in [3.05, 3.63) is 70.2 Å². The molecule has 0 aromatic heterocycles. The van der Waals surface area contributed by atoms with Gasteiger partial charge >= 0.3 is 0 Å². The summed E-state index contributed by atoms with van der Waals surface area (Å²) in [4.78, 5) is 12.4. The van der Waals surface area contributed by atoms with Crippen molar-refractivity contribution in [3.63, 3.8) is 0 Å². The third kappa shape index (κ3) is 4.52. The maximum atomic E-state index is 12.4. The van der Waals surface area contributed by atoms with E-state index in [-0.39, 0.29) is 5.91 Å². The van der Waals surface area contributed by atoms with Gasteiger partial charge in [0.05, 0.1) is 5.56 Å². The molecule has 2 rings (SSSR count). The number of ether oxygens (including phenoxy) is 1. The molecule has 1 N–H and O–H groups in total. The van der Waals surface area contributed by atoms with Crippen LogP contribution >= 0.6 is 23.2 Å². The lowest BCUT2D eigenvalue weighted by Crippen LogP contribution is -2.14. The van der Waals surface area contributed by atoms with Crippen molar-refractivity contribution in [1.29, 1.82) is 0 Å². The second-order valence-electron chi connectivity index (χ2n) is 4.85. The van der Waals surface area contributed by atoms with E-state index in [0.717, 1.165) is 5.57 Å². The number of hydrogen-bond donors (Lipinski definition) is 1. The quantitative estimate of drug-likeness (QED) is 0.762. The van der Waals surface area contributed by atoms with Crippen molar-refractivity contribution in [2.75, 3.05) is 11.9 Å². The Hall–Kier alpha value is -1.97. The van der Waals surface area contributed by atoms with E-state index >= 15 is 0 Å². The van der Waals surface area contributed by atoms with E-state index in [1.165, 1.54) is 0 Å². The van der Waals surface area contributed by atoms with Gasteiger partial charge in [0, 0.05) is 15.7 Å². The van der Waals surface area contributed by atoms with Crippen LogP contribution in [0.3, 0.4) is 0 Å². The Morgan fingerprint density at radius 2 is 1.82 bits per heavy atom. The zero-order valence-corrected chi connectivity index (χ0v) is 13.5. The SMILES string of the molecule is C=C(C)COc1ccccc1C(=O)Nc1cc(Cl)cc(Cl)c1. The van der Waals surface area contributed by atoms with Crippen LogP contribution in [0, 0.1) is 0 Å². The lowest BCUT2D eigenvalue weighted by Gasteiger charge is -2.12. The lowest BCUT2D eigenvalue weighted by atomic mass is 10.2. The number of halogens is 2. The number of carbonyl (C=O) groups excluding carboxylic acids is 1. The molecule has 5 heteroatoms. The molecule has 0 radical (unpaired) electrons. The summed E-state index contributed by atoms with van der Waals surface area (Å²) in [7, 11) is 0. The third-order valence-corrected chi connectivity index (χ3v) is 3.16. The van der Waals surface area contributed by atoms with Gasteiger partial charge in [-0.25, -0.2) is 0 Å². The summed E-state index contributed by atoms with van der Waals surface area (Å²) >= 11 is 11.9. The molecule has 0 atom stereocenters. The van der Waals surface area contributed by atoms with Gasteiger partial charge in [-0.1, -0.05) is 41.9 Å². The predicted molar refractivity (Wildman–Crippen MR) is 91.2 cm³/mol. The summed E-state index contributed by atoms with van der Waals surface area (Å²) in [6.45, 7) is 5.99. The number of carbonyl (C=O) groups is 1. The van der Waals surface area contributed by atoms with E-state index in [1.807, 2.05) is 6.92 Å². The highest BCUT2D eigenvalue weighted by Crippen LogP contribution is 2.24. The fraction of sp³-hybridized carbons (Fsp3) is 0.118. The van der Waals surface area contributed by atoms with Gasteiger partial charge in [-0.15, -0.1) is 0 Å². The van der Waals surface area contributed by atoms with E-state index in [2.05, 4.69) is 11.9 Å². The van der Waals surface area contributed by atoms with Crippen LogP contribution in [0.25, 0.3) is 0 Å². The zero-order chi connectivity index (χ0) is 16.1. The van der Waals surface area contributed by atoms with Crippen LogP contribution in [0.2, 0.25) is 10.0 Å². The number of hydrogen-bond acceptors (Lipinski definition) is 2. The van der Waals surface area contributed by atoms with Gasteiger partial charge in [0.2, 0.25) is 0 Å². The molecule has 2 aromatic carbocycles. The van der Waals surface area contributed by atoms with Crippen molar-refractivity contribution in [1.82, 2.24) is 0 Å². The summed E-state index contributed by atoms with van der Waals surface area (Å²) in [6.07, 6.45) is 0. The Morgan fingerprint density at radius 1 is 1.18 bits per heavy atom. The highest BCUT2D eigenvalue weighted by Gasteiger charge is 2.13. The number of benzene rings is 2. The first kappa shape index (κ1) is 16.4. The number of para-hydroxylation sites is 1. The lowest BCUT2D eigenvalue weighted by molar-refractivity contribution is 0.102. The maximum absolute atomic E-state index is 12.4. The molecule has 0 saturated heterocycles. The molecular weight excluding hydrogens is 321 g/mol. The Morgan fingerprint density at radius 3 is 2.45 bits per heavy atom. The van der Waals surface area contributed by atoms with E-state index in [9.17, 15) is 4.79 Å². The van der Waals surface area contributed by atoms with Gasteiger partial charge in [-0.2, -0.15) is 0 Å². The molecule has 0 aliphatic carbocycles. The van der Waals surface area contributed by atoms with E-state index < -0.39 is 0 Å². The largest absolute Gasteiger partial charge is 0.488 e. The van der Waals surface area contributed by atoms with Crippen LogP contribution in [0.1, 0.15) is 17.3 Å². The minimum atomic E-state index is -0.296. The van der Waals surface area contributed by atoms with Gasteiger partial charge in [-0.3, -0.25) is 4.79 Å². The van der Waals surface area contributed by atoms with Crippen LogP contribution in [-0.2, 0) is 0 Å². The molecule has 2 aromatic rings. The second-order valence-corrected chi connectivity index (χ2v) is 5.73. The molecular formula is C17H15Cl2NO2. The standard InChI is InChI=1S/C17H15Cl2NO2/c1-11(2)10-22-16-6-4-3-5-15(16)17(21)20-14-8-12(18)7-13(19)9-14/h3-9H,1,10H2,2H3,(H,20,21). The highest BCUT2D eigenvalue weighted by molar-refractivity contribution is 6.35. The fourth-order valence-corrected chi connectivity index (χ4v) is 2.33. The number of amides is 1. The molecule has 22 heavy (non-hydrogen) atoms. The van der Waals surface area contributed by atoms with Gasteiger partial charge in [0.25, 0.3) is 5.91 Å². The molecule has 0 bridgehead atoms. The van der Waals surface area contributed by atoms with Crippen LogP contribution < -0.4 is 10.1 Å². The van der Waals surface area contributed by atoms with Crippen molar-refractivity contribution < 1.29 is 9.53 Å². The molecule has 0 aliphatic rings. The molecule has 114 valence electrons. The fourth-order valence-electron chi connectivity index (χ4n) is 1.81. The van der Waals surface area contributed by atoms with Gasteiger partial charge < -0.3 is 10.1 Å². The minimum absolute atomic E-state index is 0.296.